The van der Waals surface area contributed by atoms with Crippen LogP contribution in [0.25, 0.3) is 0 Å². The summed E-state index contributed by atoms with van der Waals surface area (Å²) in [6, 6.07) is 0. The van der Waals surface area contributed by atoms with Gasteiger partial charge >= 0.3 is 41.5 Å². The number of aliphatic carboxylic acids is 2. The summed E-state index contributed by atoms with van der Waals surface area (Å²) in [6.45, 7) is 5.55. The maximum absolute atomic E-state index is 11.4. The summed E-state index contributed by atoms with van der Waals surface area (Å²) < 4.78 is 0. The van der Waals surface area contributed by atoms with E-state index in [0.29, 0.717) is 6.42 Å². The molecule has 0 amide bonds. The molecule has 0 bridgehead atoms. The topological polar surface area (TPSA) is 74.6 Å². The SMILES string of the molecule is CCCCCCCCCCCC(C(=O)O)(C(=O)O)C(C)C.[NaH]. The molecule has 0 aliphatic heterocycles. The van der Waals surface area contributed by atoms with Gasteiger partial charge in [-0.2, -0.15) is 0 Å². The number of carbonyl (C=O) groups is 2. The van der Waals surface area contributed by atoms with Crippen molar-refractivity contribution in [2.45, 2.75) is 85.0 Å². The van der Waals surface area contributed by atoms with E-state index in [1.54, 1.807) is 13.8 Å². The van der Waals surface area contributed by atoms with Gasteiger partial charge in [0.1, 0.15) is 0 Å². The summed E-state index contributed by atoms with van der Waals surface area (Å²) in [5, 5.41) is 18.6. The summed E-state index contributed by atoms with van der Waals surface area (Å²) in [7, 11) is 0. The molecule has 0 heterocycles. The number of hydrogen-bond acceptors (Lipinski definition) is 2. The monoisotopic (exact) mass is 324 g/mol. The van der Waals surface area contributed by atoms with Crippen LogP contribution in [0, 0.1) is 11.3 Å². The Kier molecular flexibility index (Phi) is 14.7. The zero-order valence-corrected chi connectivity index (χ0v) is 13.9. The van der Waals surface area contributed by atoms with Crippen LogP contribution in [-0.4, -0.2) is 51.7 Å². The van der Waals surface area contributed by atoms with Gasteiger partial charge in [-0.25, -0.2) is 0 Å². The second-order valence-electron chi connectivity index (χ2n) is 6.31. The minimum absolute atomic E-state index is 0. The van der Waals surface area contributed by atoms with Crippen molar-refractivity contribution in [3.63, 3.8) is 0 Å². The first kappa shape index (κ1) is 24.2. The average molecular weight is 324 g/mol. The van der Waals surface area contributed by atoms with Gasteiger partial charge in [-0.3, -0.25) is 9.59 Å². The van der Waals surface area contributed by atoms with Crippen molar-refractivity contribution in [1.29, 1.82) is 0 Å². The Balaban J connectivity index is 0. The molecule has 5 heteroatoms. The van der Waals surface area contributed by atoms with E-state index in [1.807, 2.05) is 0 Å². The Morgan fingerprint density at radius 3 is 1.50 bits per heavy atom. The maximum atomic E-state index is 11.4. The Morgan fingerprint density at radius 2 is 1.18 bits per heavy atom. The molecule has 0 aromatic heterocycles. The van der Waals surface area contributed by atoms with E-state index in [4.69, 9.17) is 0 Å². The third-order valence-corrected chi connectivity index (χ3v) is 4.42. The Morgan fingerprint density at radius 1 is 0.818 bits per heavy atom. The summed E-state index contributed by atoms with van der Waals surface area (Å²) in [5.74, 6) is -2.81. The first-order valence-electron chi connectivity index (χ1n) is 8.36. The molecular formula is C17H33NaO4. The van der Waals surface area contributed by atoms with Crippen LogP contribution < -0.4 is 0 Å². The first-order valence-corrected chi connectivity index (χ1v) is 8.36. The van der Waals surface area contributed by atoms with E-state index >= 15 is 0 Å². The van der Waals surface area contributed by atoms with Gasteiger partial charge < -0.3 is 10.2 Å². The Labute approximate surface area is 157 Å². The van der Waals surface area contributed by atoms with Crippen LogP contribution in [0.1, 0.15) is 85.0 Å². The van der Waals surface area contributed by atoms with Crippen LogP contribution in [0.3, 0.4) is 0 Å². The van der Waals surface area contributed by atoms with Gasteiger partial charge in [0, 0.05) is 0 Å². The molecule has 0 spiro atoms. The molecule has 0 rings (SSSR count). The fraction of sp³-hybridized carbons (Fsp3) is 0.882. The van der Waals surface area contributed by atoms with Gasteiger partial charge in [-0.1, -0.05) is 78.6 Å². The molecule has 0 aliphatic carbocycles. The van der Waals surface area contributed by atoms with Gasteiger partial charge in [0.15, 0.2) is 5.41 Å². The second-order valence-corrected chi connectivity index (χ2v) is 6.31. The molecule has 0 saturated carbocycles. The predicted octanol–water partition coefficient (Wildman–Crippen LogP) is 4.07. The fourth-order valence-corrected chi connectivity index (χ4v) is 2.80. The van der Waals surface area contributed by atoms with Gasteiger partial charge in [-0.15, -0.1) is 0 Å². The molecule has 0 saturated heterocycles. The normalized spacial score (nSPS) is 11.3. The standard InChI is InChI=1S/C17H32O4.Na.H/c1-4-5-6-7-8-9-10-11-12-13-17(14(2)3,15(18)19)16(20)21;;/h14H,4-13H2,1-3H3,(H,18,19)(H,20,21);;. The Bertz CT molecular complexity index is 302. The fourth-order valence-electron chi connectivity index (χ4n) is 2.80. The minimum atomic E-state index is -1.62. The van der Waals surface area contributed by atoms with E-state index in [-0.39, 0.29) is 36.0 Å². The number of carboxylic acid groups (broad SMARTS) is 2. The molecule has 22 heavy (non-hydrogen) atoms. The van der Waals surface area contributed by atoms with Gasteiger partial charge in [0.05, 0.1) is 0 Å². The predicted molar refractivity (Wildman–Crippen MR) is 91.5 cm³/mol. The van der Waals surface area contributed by atoms with Crippen LogP contribution in [0.5, 0.6) is 0 Å². The first-order chi connectivity index (χ1) is 9.89. The van der Waals surface area contributed by atoms with Crippen LogP contribution in [0.4, 0.5) is 0 Å². The molecule has 2 N–H and O–H groups in total. The van der Waals surface area contributed by atoms with Gasteiger partial charge in [0.25, 0.3) is 0 Å². The van der Waals surface area contributed by atoms with E-state index in [0.717, 1.165) is 12.8 Å². The van der Waals surface area contributed by atoms with E-state index in [9.17, 15) is 19.8 Å². The van der Waals surface area contributed by atoms with Crippen LogP contribution in [0.2, 0.25) is 0 Å². The molecule has 0 aromatic carbocycles. The average Bonchev–Trinajstić information content (AvgIpc) is 2.39. The van der Waals surface area contributed by atoms with E-state index < -0.39 is 23.3 Å². The van der Waals surface area contributed by atoms with Crippen molar-refractivity contribution in [2.75, 3.05) is 0 Å². The molecule has 126 valence electrons. The quantitative estimate of drug-likeness (QED) is 0.304. The molecule has 0 radical (unpaired) electrons. The van der Waals surface area contributed by atoms with Crippen molar-refractivity contribution < 1.29 is 19.8 Å². The molecule has 0 fully saturated rings. The molecule has 0 unspecified atom stereocenters. The van der Waals surface area contributed by atoms with E-state index in [2.05, 4.69) is 6.92 Å². The molecule has 0 aliphatic rings. The van der Waals surface area contributed by atoms with Crippen LogP contribution in [-0.2, 0) is 9.59 Å². The molecular weight excluding hydrogens is 291 g/mol. The van der Waals surface area contributed by atoms with Crippen molar-refractivity contribution in [1.82, 2.24) is 0 Å². The second kappa shape index (κ2) is 13.4. The third-order valence-electron chi connectivity index (χ3n) is 4.42. The summed E-state index contributed by atoms with van der Waals surface area (Å²) >= 11 is 0. The number of carboxylic acids is 2. The van der Waals surface area contributed by atoms with E-state index in [1.165, 1.54) is 38.5 Å². The molecule has 4 nitrogen and oxygen atoms in total. The van der Waals surface area contributed by atoms with Crippen molar-refractivity contribution >= 4 is 41.5 Å². The summed E-state index contributed by atoms with van der Waals surface area (Å²) in [6.07, 6.45) is 10.4. The van der Waals surface area contributed by atoms with Crippen LogP contribution >= 0.6 is 0 Å². The number of unbranched alkanes of at least 4 members (excludes halogenated alkanes) is 8. The van der Waals surface area contributed by atoms with Crippen LogP contribution in [0.15, 0.2) is 0 Å². The zero-order chi connectivity index (χ0) is 16.3. The van der Waals surface area contributed by atoms with Gasteiger partial charge in [0.2, 0.25) is 0 Å². The number of rotatable bonds is 13. The summed E-state index contributed by atoms with van der Waals surface area (Å²) in [5.41, 5.74) is -1.62. The number of hydrogen-bond donors (Lipinski definition) is 2. The summed E-state index contributed by atoms with van der Waals surface area (Å²) in [4.78, 5) is 22.8. The zero-order valence-electron chi connectivity index (χ0n) is 13.9. The molecule has 0 atom stereocenters. The van der Waals surface area contributed by atoms with Crippen molar-refractivity contribution in [2.24, 2.45) is 11.3 Å². The third kappa shape index (κ3) is 7.98. The molecule has 0 aromatic rings. The van der Waals surface area contributed by atoms with Gasteiger partial charge in [-0.05, 0) is 12.3 Å². The van der Waals surface area contributed by atoms with Crippen molar-refractivity contribution in [3.05, 3.63) is 0 Å². The van der Waals surface area contributed by atoms with Crippen molar-refractivity contribution in [3.8, 4) is 0 Å². The Hall–Kier alpha value is -0.0600.